The zero-order chi connectivity index (χ0) is 14.2. The lowest BCUT2D eigenvalue weighted by molar-refractivity contribution is 0.427. The summed E-state index contributed by atoms with van der Waals surface area (Å²) in [4.78, 5) is 0. The monoisotopic (exact) mass is 298 g/mol. The lowest BCUT2D eigenvalue weighted by Crippen LogP contribution is -2.31. The Morgan fingerprint density at radius 2 is 2.15 bits per heavy atom. The lowest BCUT2D eigenvalue weighted by Gasteiger charge is -2.16. The predicted molar refractivity (Wildman–Crippen MR) is 75.9 cm³/mol. The number of hydrogen-bond acceptors (Lipinski definition) is 4. The molecule has 0 spiro atoms. The van der Waals surface area contributed by atoms with Gasteiger partial charge < -0.3 is 0 Å². The Morgan fingerprint density at radius 3 is 2.85 bits per heavy atom. The molecule has 0 amide bonds. The normalized spacial score (nSPS) is 24.4. The fourth-order valence-corrected chi connectivity index (χ4v) is 4.36. The number of aromatic nitrogens is 3. The first kappa shape index (κ1) is 14.0. The van der Waals surface area contributed by atoms with E-state index in [-0.39, 0.29) is 11.8 Å². The average Bonchev–Trinajstić information content (AvgIpc) is 2.96. The lowest BCUT2D eigenvalue weighted by atomic mass is 10.2. The van der Waals surface area contributed by atoms with Crippen LogP contribution < -0.4 is 0 Å². The van der Waals surface area contributed by atoms with E-state index in [1.807, 2.05) is 17.8 Å². The molecule has 1 unspecified atom stereocenters. The highest BCUT2D eigenvalue weighted by atomic mass is 32.2. The van der Waals surface area contributed by atoms with Crippen molar-refractivity contribution in [1.82, 2.24) is 19.3 Å². The van der Waals surface area contributed by atoms with E-state index in [0.29, 0.717) is 19.0 Å². The molecule has 0 bridgehead atoms. The topological polar surface area (TPSA) is 68.1 Å². The van der Waals surface area contributed by atoms with Gasteiger partial charge in [-0.3, -0.25) is 0 Å². The molecule has 0 radical (unpaired) electrons. The van der Waals surface area contributed by atoms with Gasteiger partial charge in [-0.05, 0) is 25.7 Å². The maximum absolute atomic E-state index is 12.2. The second kappa shape index (κ2) is 5.44. The summed E-state index contributed by atoms with van der Waals surface area (Å²) < 4.78 is 27.8. The van der Waals surface area contributed by atoms with Crippen molar-refractivity contribution in [3.05, 3.63) is 11.9 Å². The van der Waals surface area contributed by atoms with Crippen molar-refractivity contribution in [2.75, 3.05) is 18.8 Å². The number of unbranched alkanes of at least 4 members (excludes halogenated alkanes) is 1. The largest absolute Gasteiger partial charge is 0.248 e. The van der Waals surface area contributed by atoms with Crippen LogP contribution in [0.4, 0.5) is 0 Å². The Kier molecular flexibility index (Phi) is 3.81. The highest BCUT2D eigenvalue weighted by Crippen LogP contribution is 2.39. The summed E-state index contributed by atoms with van der Waals surface area (Å²) in [5, 5.41) is 8.39. The van der Waals surface area contributed by atoms with Crippen LogP contribution in [0, 0.1) is 0 Å². The van der Waals surface area contributed by atoms with Crippen molar-refractivity contribution in [3.8, 4) is 0 Å². The molecule has 1 aliphatic heterocycles. The summed E-state index contributed by atoms with van der Waals surface area (Å²) in [6.45, 7) is 3.16. The van der Waals surface area contributed by atoms with Gasteiger partial charge in [0.05, 0.1) is 17.5 Å². The van der Waals surface area contributed by atoms with Crippen LogP contribution in [-0.2, 0) is 10.0 Å². The van der Waals surface area contributed by atoms with Gasteiger partial charge >= 0.3 is 0 Å². The Labute approximate surface area is 120 Å². The Hall–Kier alpha value is -0.950. The van der Waals surface area contributed by atoms with Gasteiger partial charge in [-0.2, -0.15) is 4.31 Å². The van der Waals surface area contributed by atoms with Crippen molar-refractivity contribution < 1.29 is 8.42 Å². The number of hydrogen-bond donors (Lipinski definition) is 0. The van der Waals surface area contributed by atoms with Gasteiger partial charge in [-0.25, -0.2) is 13.1 Å². The molecule has 1 saturated heterocycles. The minimum atomic E-state index is -3.09. The maximum atomic E-state index is 12.2. The third kappa shape index (κ3) is 2.88. The van der Waals surface area contributed by atoms with Gasteiger partial charge in [0, 0.05) is 25.2 Å². The molecule has 0 aromatic carbocycles. The van der Waals surface area contributed by atoms with Crippen LogP contribution in [0.15, 0.2) is 6.20 Å². The van der Waals surface area contributed by atoms with Gasteiger partial charge in [0.15, 0.2) is 0 Å². The fourth-order valence-electron chi connectivity index (χ4n) is 2.67. The summed E-state index contributed by atoms with van der Waals surface area (Å²) >= 11 is 0. The van der Waals surface area contributed by atoms with Crippen LogP contribution in [0.3, 0.4) is 0 Å². The molecule has 1 aromatic rings. The average molecular weight is 298 g/mol. The SMILES string of the molecule is CCCCS(=O)(=O)N1CCC(n2cc(C3CC3)nn2)C1. The standard InChI is InChI=1S/C13H22N4O2S/c1-2-3-8-20(18,19)16-7-6-12(9-16)17-10-13(14-15-17)11-4-5-11/h10-12H,2-9H2,1H3. The Balaban J connectivity index is 1.63. The van der Waals surface area contributed by atoms with E-state index in [1.165, 1.54) is 12.8 Å². The first-order valence-electron chi connectivity index (χ1n) is 7.49. The first-order valence-corrected chi connectivity index (χ1v) is 9.10. The number of nitrogens with zero attached hydrogens (tertiary/aromatic N) is 4. The van der Waals surface area contributed by atoms with Crippen LogP contribution in [-0.4, -0.2) is 46.6 Å². The van der Waals surface area contributed by atoms with Crippen LogP contribution >= 0.6 is 0 Å². The van der Waals surface area contributed by atoms with Crippen molar-refractivity contribution in [2.24, 2.45) is 0 Å². The van der Waals surface area contributed by atoms with Gasteiger partial charge in [0.25, 0.3) is 0 Å². The number of rotatable bonds is 6. The highest BCUT2D eigenvalue weighted by molar-refractivity contribution is 7.89. The highest BCUT2D eigenvalue weighted by Gasteiger charge is 2.33. The molecule has 6 nitrogen and oxygen atoms in total. The summed E-state index contributed by atoms with van der Waals surface area (Å²) in [5.41, 5.74) is 1.07. The van der Waals surface area contributed by atoms with Crippen molar-refractivity contribution in [2.45, 2.75) is 51.0 Å². The summed E-state index contributed by atoms with van der Waals surface area (Å²) in [7, 11) is -3.09. The zero-order valence-electron chi connectivity index (χ0n) is 11.9. The van der Waals surface area contributed by atoms with Crippen LogP contribution in [0.2, 0.25) is 0 Å². The van der Waals surface area contributed by atoms with Gasteiger partial charge in [0.2, 0.25) is 10.0 Å². The molecule has 1 saturated carbocycles. The molecule has 2 heterocycles. The third-order valence-electron chi connectivity index (χ3n) is 4.17. The maximum Gasteiger partial charge on any atom is 0.214 e. The Morgan fingerprint density at radius 1 is 1.35 bits per heavy atom. The molecule has 2 fully saturated rings. The second-order valence-corrected chi connectivity index (χ2v) is 7.96. The van der Waals surface area contributed by atoms with E-state index in [2.05, 4.69) is 10.3 Å². The molecule has 7 heteroatoms. The molecule has 0 N–H and O–H groups in total. The van der Waals surface area contributed by atoms with Crippen LogP contribution in [0.5, 0.6) is 0 Å². The van der Waals surface area contributed by atoms with E-state index in [4.69, 9.17) is 0 Å². The quantitative estimate of drug-likeness (QED) is 0.799. The third-order valence-corrected chi connectivity index (χ3v) is 6.10. The number of sulfonamides is 1. The molecule has 20 heavy (non-hydrogen) atoms. The minimum Gasteiger partial charge on any atom is -0.248 e. The predicted octanol–water partition coefficient (Wildman–Crippen LogP) is 1.53. The molecule has 1 aromatic heterocycles. The van der Waals surface area contributed by atoms with Crippen LogP contribution in [0.1, 0.15) is 56.7 Å². The second-order valence-electron chi connectivity index (χ2n) is 5.87. The fraction of sp³-hybridized carbons (Fsp3) is 0.846. The summed E-state index contributed by atoms with van der Waals surface area (Å²) in [5.74, 6) is 0.857. The van der Waals surface area contributed by atoms with Crippen molar-refractivity contribution in [1.29, 1.82) is 0 Å². The van der Waals surface area contributed by atoms with E-state index < -0.39 is 10.0 Å². The molecule has 3 rings (SSSR count). The van der Waals surface area contributed by atoms with Gasteiger partial charge in [-0.15, -0.1) is 5.10 Å². The van der Waals surface area contributed by atoms with E-state index >= 15 is 0 Å². The zero-order valence-corrected chi connectivity index (χ0v) is 12.7. The van der Waals surface area contributed by atoms with E-state index in [1.54, 1.807) is 4.31 Å². The smallest absolute Gasteiger partial charge is 0.214 e. The molecule has 112 valence electrons. The minimum absolute atomic E-state index is 0.145. The van der Waals surface area contributed by atoms with Crippen LogP contribution in [0.25, 0.3) is 0 Å². The van der Waals surface area contributed by atoms with Crippen molar-refractivity contribution >= 4 is 10.0 Å². The van der Waals surface area contributed by atoms with E-state index in [0.717, 1.165) is 25.0 Å². The molecule has 2 aliphatic rings. The van der Waals surface area contributed by atoms with Gasteiger partial charge in [-0.1, -0.05) is 18.6 Å². The van der Waals surface area contributed by atoms with Gasteiger partial charge in [0.1, 0.15) is 0 Å². The molecular weight excluding hydrogens is 276 g/mol. The molecule has 1 aliphatic carbocycles. The molecular formula is C13H22N4O2S. The summed E-state index contributed by atoms with van der Waals surface area (Å²) in [6.07, 6.45) is 6.90. The molecule has 1 atom stereocenters. The van der Waals surface area contributed by atoms with Crippen molar-refractivity contribution in [3.63, 3.8) is 0 Å². The first-order chi connectivity index (χ1) is 9.60. The summed E-state index contributed by atoms with van der Waals surface area (Å²) in [6, 6.07) is 0.145. The Bertz CT molecular complexity index is 565. The van der Waals surface area contributed by atoms with E-state index in [9.17, 15) is 8.42 Å².